The largest absolute Gasteiger partial charge is 0.385 e. The van der Waals surface area contributed by atoms with Gasteiger partial charge in [-0.3, -0.25) is 0 Å². The lowest BCUT2D eigenvalue weighted by Crippen LogP contribution is -2.38. The van der Waals surface area contributed by atoms with E-state index in [1.54, 1.807) is 6.92 Å². The smallest absolute Gasteiger partial charge is 0.132 e. The van der Waals surface area contributed by atoms with E-state index in [2.05, 4.69) is 0 Å². The van der Waals surface area contributed by atoms with Crippen LogP contribution in [0.15, 0.2) is 18.2 Å². The van der Waals surface area contributed by atoms with Gasteiger partial charge in [0, 0.05) is 12.8 Å². The Hall–Kier alpha value is -1.00. The summed E-state index contributed by atoms with van der Waals surface area (Å²) in [6.45, 7) is 2.09. The maximum absolute atomic E-state index is 13.6. The van der Waals surface area contributed by atoms with Crippen LogP contribution >= 0.6 is 0 Å². The highest BCUT2D eigenvalue weighted by Gasteiger charge is 2.39. The molecule has 1 N–H and O–H groups in total. The molecule has 2 atom stereocenters. The summed E-state index contributed by atoms with van der Waals surface area (Å²) in [7, 11) is 0. The van der Waals surface area contributed by atoms with Crippen LogP contribution in [0, 0.1) is 11.6 Å². The maximum atomic E-state index is 13.6. The molecule has 88 valence electrons. The Labute approximate surface area is 92.9 Å². The summed E-state index contributed by atoms with van der Waals surface area (Å²) in [6.07, 6.45) is 0.234. The molecule has 0 aromatic heterocycles. The van der Waals surface area contributed by atoms with Gasteiger partial charge in [0.1, 0.15) is 11.6 Å². The van der Waals surface area contributed by atoms with Crippen LogP contribution in [0.1, 0.15) is 25.3 Å². The molecule has 1 aliphatic heterocycles. The van der Waals surface area contributed by atoms with E-state index < -0.39 is 17.2 Å². The molecule has 2 nitrogen and oxygen atoms in total. The fourth-order valence-corrected chi connectivity index (χ4v) is 2.23. The van der Waals surface area contributed by atoms with Crippen molar-refractivity contribution < 1.29 is 18.6 Å². The third-order valence-corrected chi connectivity index (χ3v) is 2.97. The summed E-state index contributed by atoms with van der Waals surface area (Å²) in [5.74, 6) is -1.40. The summed E-state index contributed by atoms with van der Waals surface area (Å²) >= 11 is 0. The zero-order valence-corrected chi connectivity index (χ0v) is 9.04. The lowest BCUT2D eigenvalue weighted by molar-refractivity contribution is -0.104. The Kier molecular flexibility index (Phi) is 2.95. The van der Waals surface area contributed by atoms with Crippen molar-refractivity contribution in [3.8, 4) is 0 Å². The Balaban J connectivity index is 2.42. The summed E-state index contributed by atoms with van der Waals surface area (Å²) in [5.41, 5.74) is -1.68. The quantitative estimate of drug-likeness (QED) is 0.799. The molecule has 0 spiro atoms. The topological polar surface area (TPSA) is 29.5 Å². The molecule has 2 rings (SSSR count). The third kappa shape index (κ3) is 1.95. The molecule has 0 amide bonds. The fraction of sp³-hybridized carbons (Fsp3) is 0.500. The fourth-order valence-electron chi connectivity index (χ4n) is 2.23. The second kappa shape index (κ2) is 4.11. The number of halogens is 2. The van der Waals surface area contributed by atoms with E-state index >= 15 is 0 Å². The van der Waals surface area contributed by atoms with E-state index in [-0.39, 0.29) is 24.5 Å². The van der Waals surface area contributed by atoms with Crippen LogP contribution in [0.25, 0.3) is 0 Å². The minimum absolute atomic E-state index is 0.197. The van der Waals surface area contributed by atoms with Gasteiger partial charge in [-0.2, -0.15) is 0 Å². The third-order valence-electron chi connectivity index (χ3n) is 2.97. The molecular weight excluding hydrogens is 214 g/mol. The van der Waals surface area contributed by atoms with Crippen LogP contribution in [-0.2, 0) is 10.3 Å². The van der Waals surface area contributed by atoms with E-state index in [4.69, 9.17) is 4.74 Å². The van der Waals surface area contributed by atoms with Crippen LogP contribution < -0.4 is 0 Å². The van der Waals surface area contributed by atoms with Crippen LogP contribution in [0.3, 0.4) is 0 Å². The van der Waals surface area contributed by atoms with Gasteiger partial charge in [-0.25, -0.2) is 8.78 Å². The number of hydrogen-bond acceptors (Lipinski definition) is 2. The first-order valence-electron chi connectivity index (χ1n) is 5.31. The van der Waals surface area contributed by atoms with E-state index in [0.29, 0.717) is 6.61 Å². The van der Waals surface area contributed by atoms with E-state index in [1.165, 1.54) is 6.07 Å². The second-order valence-corrected chi connectivity index (χ2v) is 4.26. The molecule has 2 unspecified atom stereocenters. The van der Waals surface area contributed by atoms with Gasteiger partial charge in [0.25, 0.3) is 0 Å². The van der Waals surface area contributed by atoms with Gasteiger partial charge in [0.2, 0.25) is 0 Å². The van der Waals surface area contributed by atoms with Crippen LogP contribution in [-0.4, -0.2) is 17.8 Å². The van der Waals surface area contributed by atoms with Crippen molar-refractivity contribution in [3.63, 3.8) is 0 Å². The van der Waals surface area contributed by atoms with Gasteiger partial charge in [-0.1, -0.05) is 6.07 Å². The zero-order valence-electron chi connectivity index (χ0n) is 9.04. The first kappa shape index (κ1) is 11.5. The van der Waals surface area contributed by atoms with Gasteiger partial charge in [0.05, 0.1) is 23.9 Å². The number of aliphatic hydroxyl groups is 1. The SMILES string of the molecule is CC1CC(O)(c2c(F)cccc2F)CCO1. The van der Waals surface area contributed by atoms with Crippen molar-refractivity contribution in [2.75, 3.05) is 6.61 Å². The lowest BCUT2D eigenvalue weighted by Gasteiger charge is -2.36. The summed E-state index contributed by atoms with van der Waals surface area (Å²) in [5, 5.41) is 10.3. The van der Waals surface area contributed by atoms with Gasteiger partial charge in [-0.15, -0.1) is 0 Å². The van der Waals surface area contributed by atoms with Crippen molar-refractivity contribution in [1.82, 2.24) is 0 Å². The average Bonchev–Trinajstić information content (AvgIpc) is 2.16. The molecule has 0 bridgehead atoms. The number of rotatable bonds is 1. The Morgan fingerprint density at radius 3 is 2.56 bits per heavy atom. The maximum Gasteiger partial charge on any atom is 0.132 e. The Morgan fingerprint density at radius 1 is 1.38 bits per heavy atom. The van der Waals surface area contributed by atoms with Gasteiger partial charge in [0.15, 0.2) is 0 Å². The van der Waals surface area contributed by atoms with Crippen molar-refractivity contribution in [2.24, 2.45) is 0 Å². The number of ether oxygens (including phenoxy) is 1. The van der Waals surface area contributed by atoms with Gasteiger partial charge < -0.3 is 9.84 Å². The highest BCUT2D eigenvalue weighted by atomic mass is 19.1. The van der Waals surface area contributed by atoms with Crippen molar-refractivity contribution in [2.45, 2.75) is 31.5 Å². The number of hydrogen-bond donors (Lipinski definition) is 1. The highest BCUT2D eigenvalue weighted by molar-refractivity contribution is 5.26. The molecule has 0 aliphatic carbocycles. The summed E-state index contributed by atoms with van der Waals surface area (Å²) in [4.78, 5) is 0. The standard InChI is InChI=1S/C12H14F2O2/c1-8-7-12(15,5-6-16-8)11-9(13)3-2-4-10(11)14/h2-4,8,15H,5-7H2,1H3. The zero-order chi connectivity index (χ0) is 11.8. The van der Waals surface area contributed by atoms with Crippen molar-refractivity contribution in [1.29, 1.82) is 0 Å². The summed E-state index contributed by atoms with van der Waals surface area (Å²) < 4.78 is 32.4. The lowest BCUT2D eigenvalue weighted by atomic mass is 9.83. The molecule has 0 saturated carbocycles. The minimum atomic E-state index is -1.45. The second-order valence-electron chi connectivity index (χ2n) is 4.26. The highest BCUT2D eigenvalue weighted by Crippen LogP contribution is 2.37. The average molecular weight is 228 g/mol. The van der Waals surface area contributed by atoms with Crippen LogP contribution in [0.4, 0.5) is 8.78 Å². The Bertz CT molecular complexity index is 374. The molecule has 1 fully saturated rings. The molecule has 0 radical (unpaired) electrons. The van der Waals surface area contributed by atoms with Crippen molar-refractivity contribution in [3.05, 3.63) is 35.4 Å². The molecule has 4 heteroatoms. The van der Waals surface area contributed by atoms with Crippen LogP contribution in [0.5, 0.6) is 0 Å². The molecule has 16 heavy (non-hydrogen) atoms. The van der Waals surface area contributed by atoms with Crippen molar-refractivity contribution >= 4 is 0 Å². The van der Waals surface area contributed by atoms with E-state index in [0.717, 1.165) is 12.1 Å². The van der Waals surface area contributed by atoms with E-state index in [1.807, 2.05) is 0 Å². The predicted octanol–water partition coefficient (Wildman–Crippen LogP) is 2.35. The first-order valence-corrected chi connectivity index (χ1v) is 5.31. The predicted molar refractivity (Wildman–Crippen MR) is 54.9 cm³/mol. The minimum Gasteiger partial charge on any atom is -0.385 e. The molecule has 1 aliphatic rings. The van der Waals surface area contributed by atoms with Gasteiger partial charge in [-0.05, 0) is 19.1 Å². The normalized spacial score (nSPS) is 30.4. The molecular formula is C12H14F2O2. The molecule has 1 saturated heterocycles. The molecule has 1 aromatic rings. The molecule has 1 aromatic carbocycles. The molecule has 1 heterocycles. The Morgan fingerprint density at radius 2 is 2.00 bits per heavy atom. The van der Waals surface area contributed by atoms with E-state index in [9.17, 15) is 13.9 Å². The van der Waals surface area contributed by atoms with Gasteiger partial charge >= 0.3 is 0 Å². The monoisotopic (exact) mass is 228 g/mol. The first-order chi connectivity index (χ1) is 7.53. The summed E-state index contributed by atoms with van der Waals surface area (Å²) in [6, 6.07) is 3.62. The number of benzene rings is 1. The van der Waals surface area contributed by atoms with Crippen LogP contribution in [0.2, 0.25) is 0 Å².